The number of fused-ring (bicyclic) bond motifs is 1. The van der Waals surface area contributed by atoms with Gasteiger partial charge in [-0.15, -0.1) is 0 Å². The monoisotopic (exact) mass is 299 g/mol. The maximum atomic E-state index is 11.6. The van der Waals surface area contributed by atoms with Gasteiger partial charge in [0.05, 0.1) is 6.26 Å². The van der Waals surface area contributed by atoms with Crippen LogP contribution in [0, 0.1) is 0 Å². The molecule has 0 unspecified atom stereocenters. The van der Waals surface area contributed by atoms with Crippen LogP contribution in [-0.2, 0) is 0 Å². The molecule has 0 saturated heterocycles. The molecule has 1 amide bonds. The van der Waals surface area contributed by atoms with Crippen molar-refractivity contribution >= 4 is 12.0 Å². The van der Waals surface area contributed by atoms with Crippen LogP contribution < -0.4 is 14.8 Å². The third kappa shape index (κ3) is 3.49. The van der Waals surface area contributed by atoms with Gasteiger partial charge in [0.2, 0.25) is 0 Å². The van der Waals surface area contributed by atoms with Crippen LogP contribution in [0.5, 0.6) is 11.5 Å². The van der Waals surface area contributed by atoms with Gasteiger partial charge in [-0.1, -0.05) is 18.2 Å². The quantitative estimate of drug-likeness (QED) is 0.862. The van der Waals surface area contributed by atoms with Crippen LogP contribution in [0.3, 0.4) is 0 Å². The van der Waals surface area contributed by atoms with Gasteiger partial charge in [0.15, 0.2) is 17.3 Å². The maximum absolute atomic E-state index is 11.6. The number of ether oxygens (including phenoxy) is 2. The van der Waals surface area contributed by atoms with E-state index in [2.05, 4.69) is 5.32 Å². The van der Waals surface area contributed by atoms with Crippen molar-refractivity contribution in [3.8, 4) is 11.5 Å². The zero-order valence-electron chi connectivity index (χ0n) is 12.1. The highest BCUT2D eigenvalue weighted by Crippen LogP contribution is 2.31. The summed E-state index contributed by atoms with van der Waals surface area (Å²) >= 11 is 0. The molecule has 0 spiro atoms. The Morgan fingerprint density at radius 2 is 2.05 bits per heavy atom. The molecule has 1 aromatic heterocycles. The highest BCUT2D eigenvalue weighted by Gasteiger charge is 2.10. The first-order chi connectivity index (χ1) is 10.8. The number of carbonyl (C=O) groups excluding carboxylic acids is 1. The van der Waals surface area contributed by atoms with Crippen molar-refractivity contribution in [2.24, 2.45) is 0 Å². The summed E-state index contributed by atoms with van der Waals surface area (Å²) < 4.78 is 16.0. The highest BCUT2D eigenvalue weighted by molar-refractivity contribution is 5.91. The second-order valence-corrected chi connectivity index (χ2v) is 4.83. The normalized spacial score (nSPS) is 13.3. The predicted octanol–water partition coefficient (Wildman–Crippen LogP) is 2.88. The van der Waals surface area contributed by atoms with E-state index in [1.165, 1.54) is 6.26 Å². The fourth-order valence-electron chi connectivity index (χ4n) is 2.15. The molecule has 0 fully saturated rings. The summed E-state index contributed by atoms with van der Waals surface area (Å²) in [5.74, 6) is 1.70. The molecule has 1 N–H and O–H groups in total. The average molecular weight is 299 g/mol. The number of furan rings is 1. The van der Waals surface area contributed by atoms with E-state index >= 15 is 0 Å². The van der Waals surface area contributed by atoms with Crippen LogP contribution in [0.15, 0.2) is 47.1 Å². The Kier molecular flexibility index (Phi) is 4.44. The predicted molar refractivity (Wildman–Crippen MR) is 82.1 cm³/mol. The summed E-state index contributed by atoms with van der Waals surface area (Å²) in [5.41, 5.74) is 1.04. The molecule has 3 rings (SSSR count). The number of carbonyl (C=O) groups is 1. The zero-order chi connectivity index (χ0) is 15.2. The van der Waals surface area contributed by atoms with Crippen LogP contribution in [-0.4, -0.2) is 25.7 Å². The van der Waals surface area contributed by atoms with Crippen LogP contribution in [0.25, 0.3) is 6.08 Å². The van der Waals surface area contributed by atoms with Gasteiger partial charge in [-0.05, 0) is 36.2 Å². The van der Waals surface area contributed by atoms with E-state index in [1.54, 1.807) is 12.1 Å². The minimum atomic E-state index is -0.197. The Morgan fingerprint density at radius 3 is 2.86 bits per heavy atom. The van der Waals surface area contributed by atoms with Gasteiger partial charge < -0.3 is 19.2 Å². The SMILES string of the molecule is O=C(NCC/C=C/c1ccc2c(c1)OCCO2)c1ccco1. The number of benzene rings is 1. The van der Waals surface area contributed by atoms with Gasteiger partial charge in [0, 0.05) is 6.54 Å². The van der Waals surface area contributed by atoms with Crippen molar-refractivity contribution in [3.63, 3.8) is 0 Å². The van der Waals surface area contributed by atoms with Crippen LogP contribution in [0.1, 0.15) is 22.5 Å². The Bertz CT molecular complexity index is 661. The lowest BCUT2D eigenvalue weighted by molar-refractivity contribution is 0.0926. The largest absolute Gasteiger partial charge is 0.486 e. The summed E-state index contributed by atoms with van der Waals surface area (Å²) in [6, 6.07) is 9.17. The van der Waals surface area contributed by atoms with Crippen LogP contribution in [0.2, 0.25) is 0 Å². The summed E-state index contributed by atoms with van der Waals surface area (Å²) in [6.07, 6.45) is 6.22. The third-order valence-corrected chi connectivity index (χ3v) is 3.22. The van der Waals surface area contributed by atoms with E-state index in [0.717, 1.165) is 23.5 Å². The molecule has 2 aromatic rings. The van der Waals surface area contributed by atoms with Crippen molar-refractivity contribution in [3.05, 3.63) is 54.0 Å². The number of amides is 1. The van der Waals surface area contributed by atoms with E-state index < -0.39 is 0 Å². The number of hydrogen-bond donors (Lipinski definition) is 1. The van der Waals surface area contributed by atoms with Gasteiger partial charge in [-0.25, -0.2) is 0 Å². The van der Waals surface area contributed by atoms with E-state index in [-0.39, 0.29) is 5.91 Å². The molecule has 1 aromatic carbocycles. The lowest BCUT2D eigenvalue weighted by atomic mass is 10.1. The van der Waals surface area contributed by atoms with Crippen molar-refractivity contribution in [2.75, 3.05) is 19.8 Å². The van der Waals surface area contributed by atoms with E-state index in [4.69, 9.17) is 13.9 Å². The topological polar surface area (TPSA) is 60.7 Å². The van der Waals surface area contributed by atoms with Crippen LogP contribution >= 0.6 is 0 Å². The maximum Gasteiger partial charge on any atom is 0.286 e. The van der Waals surface area contributed by atoms with Gasteiger partial charge in [-0.3, -0.25) is 4.79 Å². The van der Waals surface area contributed by atoms with Crippen molar-refractivity contribution < 1.29 is 18.7 Å². The van der Waals surface area contributed by atoms with Gasteiger partial charge >= 0.3 is 0 Å². The summed E-state index contributed by atoms with van der Waals surface area (Å²) in [5, 5.41) is 2.79. The van der Waals surface area contributed by atoms with E-state index in [0.29, 0.717) is 25.5 Å². The molecule has 0 aliphatic carbocycles. The lowest BCUT2D eigenvalue weighted by Gasteiger charge is -2.18. The number of rotatable bonds is 5. The Hall–Kier alpha value is -2.69. The standard InChI is InChI=1S/C17H17NO4/c19-17(15-5-3-9-20-15)18-8-2-1-4-13-6-7-14-16(12-13)22-11-10-21-14/h1,3-7,9,12H,2,8,10-11H2,(H,18,19)/b4-1+. The number of hydrogen-bond acceptors (Lipinski definition) is 4. The molecule has 5 nitrogen and oxygen atoms in total. The Morgan fingerprint density at radius 1 is 1.18 bits per heavy atom. The molecular weight excluding hydrogens is 282 g/mol. The van der Waals surface area contributed by atoms with Gasteiger partial charge in [0.1, 0.15) is 13.2 Å². The highest BCUT2D eigenvalue weighted by atomic mass is 16.6. The lowest BCUT2D eigenvalue weighted by Crippen LogP contribution is -2.23. The minimum absolute atomic E-state index is 0.197. The minimum Gasteiger partial charge on any atom is -0.486 e. The molecule has 114 valence electrons. The molecule has 1 aliphatic rings. The molecule has 5 heteroatoms. The summed E-state index contributed by atoms with van der Waals surface area (Å²) in [6.45, 7) is 1.73. The molecular formula is C17H17NO4. The summed E-state index contributed by atoms with van der Waals surface area (Å²) in [4.78, 5) is 11.6. The fraction of sp³-hybridized carbons (Fsp3) is 0.235. The molecule has 2 heterocycles. The molecule has 22 heavy (non-hydrogen) atoms. The zero-order valence-corrected chi connectivity index (χ0v) is 12.1. The first kappa shape index (κ1) is 14.3. The van der Waals surface area contributed by atoms with Crippen molar-refractivity contribution in [1.82, 2.24) is 5.32 Å². The number of nitrogens with one attached hydrogen (secondary N) is 1. The van der Waals surface area contributed by atoms with E-state index in [1.807, 2.05) is 30.4 Å². The van der Waals surface area contributed by atoms with Crippen molar-refractivity contribution in [1.29, 1.82) is 0 Å². The van der Waals surface area contributed by atoms with Crippen LogP contribution in [0.4, 0.5) is 0 Å². The molecule has 0 atom stereocenters. The third-order valence-electron chi connectivity index (χ3n) is 3.22. The Balaban J connectivity index is 1.47. The van der Waals surface area contributed by atoms with E-state index in [9.17, 15) is 4.79 Å². The smallest absolute Gasteiger partial charge is 0.286 e. The first-order valence-corrected chi connectivity index (χ1v) is 7.21. The fourth-order valence-corrected chi connectivity index (χ4v) is 2.15. The molecule has 0 saturated carbocycles. The molecule has 0 radical (unpaired) electrons. The average Bonchev–Trinajstić information content (AvgIpc) is 3.09. The van der Waals surface area contributed by atoms with Gasteiger partial charge in [0.25, 0.3) is 5.91 Å². The van der Waals surface area contributed by atoms with Crippen molar-refractivity contribution in [2.45, 2.75) is 6.42 Å². The first-order valence-electron chi connectivity index (χ1n) is 7.21. The van der Waals surface area contributed by atoms with Gasteiger partial charge in [-0.2, -0.15) is 0 Å². The Labute approximate surface area is 128 Å². The molecule has 0 bridgehead atoms. The second kappa shape index (κ2) is 6.85. The molecule has 1 aliphatic heterocycles. The summed E-state index contributed by atoms with van der Waals surface area (Å²) in [7, 11) is 0. The second-order valence-electron chi connectivity index (χ2n) is 4.83.